The van der Waals surface area contributed by atoms with Gasteiger partial charge in [-0.3, -0.25) is 4.79 Å². The normalized spacial score (nSPS) is 10.9. The van der Waals surface area contributed by atoms with E-state index in [9.17, 15) is 4.79 Å². The molecule has 4 heterocycles. The zero-order valence-corrected chi connectivity index (χ0v) is 16.6. The highest BCUT2D eigenvalue weighted by Gasteiger charge is 2.19. The molecule has 0 spiro atoms. The Kier molecular flexibility index (Phi) is 5.16. The largest absolute Gasteiger partial charge is 0.479 e. The smallest absolute Gasteiger partial charge is 0.263 e. The van der Waals surface area contributed by atoms with E-state index in [0.29, 0.717) is 23.0 Å². The van der Waals surface area contributed by atoms with Crippen molar-refractivity contribution < 1.29 is 9.53 Å². The standard InChI is InChI=1S/C19H19N9O2/c1-12(2)27-11-22-25-17(27)15-5-4-6-16(23-15)24-18(29)14-9-28(26-19(14)30-3)13-7-20-10-21-8-13/h4-12H,1-3H3,(H,23,24,29). The van der Waals surface area contributed by atoms with Gasteiger partial charge in [-0.1, -0.05) is 6.07 Å². The van der Waals surface area contributed by atoms with E-state index >= 15 is 0 Å². The van der Waals surface area contributed by atoms with Crippen molar-refractivity contribution in [1.82, 2.24) is 39.5 Å². The van der Waals surface area contributed by atoms with Crippen LogP contribution in [-0.4, -0.2) is 52.5 Å². The fourth-order valence-corrected chi connectivity index (χ4v) is 2.82. The van der Waals surface area contributed by atoms with Crippen LogP contribution in [0.5, 0.6) is 5.88 Å². The summed E-state index contributed by atoms with van der Waals surface area (Å²) >= 11 is 0. The number of amides is 1. The van der Waals surface area contributed by atoms with Crippen LogP contribution in [0, 0.1) is 0 Å². The number of carbonyl (C=O) groups excluding carboxylic acids is 1. The van der Waals surface area contributed by atoms with Crippen molar-refractivity contribution >= 4 is 11.7 Å². The van der Waals surface area contributed by atoms with Gasteiger partial charge in [0.2, 0.25) is 5.88 Å². The second-order valence-corrected chi connectivity index (χ2v) is 6.61. The van der Waals surface area contributed by atoms with Crippen LogP contribution in [0.2, 0.25) is 0 Å². The van der Waals surface area contributed by atoms with Crippen LogP contribution in [-0.2, 0) is 0 Å². The van der Waals surface area contributed by atoms with Gasteiger partial charge >= 0.3 is 0 Å². The molecule has 1 N–H and O–H groups in total. The van der Waals surface area contributed by atoms with Gasteiger partial charge in [0.1, 0.15) is 35.4 Å². The van der Waals surface area contributed by atoms with E-state index in [-0.39, 0.29) is 17.5 Å². The maximum atomic E-state index is 12.9. The first-order chi connectivity index (χ1) is 14.6. The molecule has 0 atom stereocenters. The van der Waals surface area contributed by atoms with Crippen LogP contribution in [0.15, 0.2) is 49.4 Å². The molecule has 0 saturated carbocycles. The molecule has 4 aromatic heterocycles. The Hall–Kier alpha value is -4.15. The highest BCUT2D eigenvalue weighted by molar-refractivity contribution is 6.05. The lowest BCUT2D eigenvalue weighted by atomic mass is 10.3. The summed E-state index contributed by atoms with van der Waals surface area (Å²) in [4.78, 5) is 25.3. The lowest BCUT2D eigenvalue weighted by molar-refractivity contribution is 0.102. The number of hydrogen-bond acceptors (Lipinski definition) is 8. The van der Waals surface area contributed by atoms with Gasteiger partial charge in [-0.2, -0.15) is 0 Å². The second-order valence-electron chi connectivity index (χ2n) is 6.61. The Morgan fingerprint density at radius 3 is 2.73 bits per heavy atom. The van der Waals surface area contributed by atoms with Gasteiger partial charge in [0, 0.05) is 12.2 Å². The summed E-state index contributed by atoms with van der Waals surface area (Å²) < 4.78 is 8.64. The van der Waals surface area contributed by atoms with Gasteiger partial charge in [0.25, 0.3) is 5.91 Å². The molecule has 0 aliphatic rings. The van der Waals surface area contributed by atoms with Crippen molar-refractivity contribution in [3.8, 4) is 23.1 Å². The van der Waals surface area contributed by atoms with E-state index < -0.39 is 5.91 Å². The van der Waals surface area contributed by atoms with Crippen LogP contribution >= 0.6 is 0 Å². The molecule has 152 valence electrons. The molecule has 1 amide bonds. The van der Waals surface area contributed by atoms with E-state index in [1.807, 2.05) is 24.5 Å². The summed E-state index contributed by atoms with van der Waals surface area (Å²) in [5, 5.41) is 15.1. The summed E-state index contributed by atoms with van der Waals surface area (Å²) in [6.07, 6.45) is 7.77. The number of pyridine rings is 1. The van der Waals surface area contributed by atoms with Gasteiger partial charge in [-0.15, -0.1) is 15.3 Å². The minimum absolute atomic E-state index is 0.173. The average molecular weight is 405 g/mol. The molecule has 4 aromatic rings. The molecule has 0 unspecified atom stereocenters. The number of anilines is 1. The molecule has 11 heteroatoms. The predicted molar refractivity (Wildman–Crippen MR) is 107 cm³/mol. The molecule has 0 fully saturated rings. The van der Waals surface area contributed by atoms with E-state index in [0.717, 1.165) is 0 Å². The van der Waals surface area contributed by atoms with E-state index in [2.05, 4.69) is 35.6 Å². The lowest BCUT2D eigenvalue weighted by Crippen LogP contribution is -2.14. The Morgan fingerprint density at radius 2 is 2.00 bits per heavy atom. The number of aromatic nitrogens is 8. The first-order valence-electron chi connectivity index (χ1n) is 9.14. The molecule has 0 aliphatic heterocycles. The quantitative estimate of drug-likeness (QED) is 0.517. The third-order valence-corrected chi connectivity index (χ3v) is 4.28. The highest BCUT2D eigenvalue weighted by atomic mass is 16.5. The van der Waals surface area contributed by atoms with Crippen molar-refractivity contribution in [1.29, 1.82) is 0 Å². The zero-order chi connectivity index (χ0) is 21.1. The molecule has 4 rings (SSSR count). The Morgan fingerprint density at radius 1 is 1.20 bits per heavy atom. The average Bonchev–Trinajstić information content (AvgIpc) is 3.42. The number of methoxy groups -OCH3 is 1. The predicted octanol–water partition coefficient (Wildman–Crippen LogP) is 2.16. The van der Waals surface area contributed by atoms with Gasteiger partial charge in [-0.25, -0.2) is 19.6 Å². The van der Waals surface area contributed by atoms with Crippen molar-refractivity contribution in [2.75, 3.05) is 12.4 Å². The van der Waals surface area contributed by atoms with E-state index in [1.165, 1.54) is 18.1 Å². The number of nitrogens with one attached hydrogen (secondary N) is 1. The number of carbonyl (C=O) groups is 1. The van der Waals surface area contributed by atoms with Gasteiger partial charge < -0.3 is 14.6 Å². The van der Waals surface area contributed by atoms with Gasteiger partial charge in [0.05, 0.1) is 19.5 Å². The summed E-state index contributed by atoms with van der Waals surface area (Å²) in [5.74, 6) is 0.751. The molecular formula is C19H19N9O2. The van der Waals surface area contributed by atoms with Crippen molar-refractivity contribution in [3.05, 3.63) is 55.0 Å². The molecule has 0 aliphatic carbocycles. The topological polar surface area (TPSA) is 126 Å². The minimum Gasteiger partial charge on any atom is -0.479 e. The highest BCUT2D eigenvalue weighted by Crippen LogP contribution is 2.22. The molecule has 0 aromatic carbocycles. The minimum atomic E-state index is -0.412. The summed E-state index contributed by atoms with van der Waals surface area (Å²) in [6.45, 7) is 4.06. The summed E-state index contributed by atoms with van der Waals surface area (Å²) in [5.41, 5.74) is 1.45. The van der Waals surface area contributed by atoms with Crippen LogP contribution in [0.3, 0.4) is 0 Å². The van der Waals surface area contributed by atoms with Crippen molar-refractivity contribution in [2.45, 2.75) is 19.9 Å². The zero-order valence-electron chi connectivity index (χ0n) is 16.6. The van der Waals surface area contributed by atoms with Gasteiger partial charge in [0.15, 0.2) is 5.82 Å². The van der Waals surface area contributed by atoms with Crippen molar-refractivity contribution in [3.63, 3.8) is 0 Å². The maximum absolute atomic E-state index is 12.9. The first kappa shape index (κ1) is 19.2. The maximum Gasteiger partial charge on any atom is 0.263 e. The third-order valence-electron chi connectivity index (χ3n) is 4.28. The fraction of sp³-hybridized carbons (Fsp3) is 0.211. The summed E-state index contributed by atoms with van der Waals surface area (Å²) in [6, 6.07) is 5.47. The number of hydrogen-bond donors (Lipinski definition) is 1. The van der Waals surface area contributed by atoms with Crippen LogP contribution in [0.1, 0.15) is 30.2 Å². The summed E-state index contributed by atoms with van der Waals surface area (Å²) in [7, 11) is 1.45. The Labute approximate surface area is 171 Å². The second kappa shape index (κ2) is 8.07. The number of ether oxygens (including phenoxy) is 1. The number of nitrogens with zero attached hydrogens (tertiary/aromatic N) is 8. The Balaban J connectivity index is 1.60. The molecule has 0 bridgehead atoms. The number of rotatable bonds is 6. The molecule has 0 saturated heterocycles. The lowest BCUT2D eigenvalue weighted by Gasteiger charge is -2.10. The van der Waals surface area contributed by atoms with Crippen LogP contribution < -0.4 is 10.1 Å². The van der Waals surface area contributed by atoms with Crippen LogP contribution in [0.25, 0.3) is 17.2 Å². The van der Waals surface area contributed by atoms with Crippen LogP contribution in [0.4, 0.5) is 5.82 Å². The third kappa shape index (κ3) is 3.72. The van der Waals surface area contributed by atoms with Gasteiger partial charge in [-0.05, 0) is 26.0 Å². The Bertz CT molecular complexity index is 1170. The van der Waals surface area contributed by atoms with Crippen molar-refractivity contribution in [2.24, 2.45) is 0 Å². The molecule has 30 heavy (non-hydrogen) atoms. The molecular weight excluding hydrogens is 386 g/mol. The van der Waals surface area contributed by atoms with E-state index in [1.54, 1.807) is 37.1 Å². The first-order valence-corrected chi connectivity index (χ1v) is 9.14. The van der Waals surface area contributed by atoms with E-state index in [4.69, 9.17) is 4.74 Å². The molecule has 11 nitrogen and oxygen atoms in total. The molecule has 0 radical (unpaired) electrons. The fourth-order valence-electron chi connectivity index (χ4n) is 2.82. The monoisotopic (exact) mass is 405 g/mol. The SMILES string of the molecule is COc1nn(-c2cncnc2)cc1C(=O)Nc1cccc(-c2nncn2C(C)C)n1.